The zero-order valence-corrected chi connectivity index (χ0v) is 12.1. The summed E-state index contributed by atoms with van der Waals surface area (Å²) in [7, 11) is 0. The molecule has 0 amide bonds. The molecule has 0 fully saturated rings. The van der Waals surface area contributed by atoms with Crippen molar-refractivity contribution in [3.63, 3.8) is 0 Å². The van der Waals surface area contributed by atoms with Gasteiger partial charge in [-0.05, 0) is 0 Å². The van der Waals surface area contributed by atoms with Crippen LogP contribution < -0.4 is 0 Å². The van der Waals surface area contributed by atoms with Crippen LogP contribution in [0, 0.1) is 0 Å². The van der Waals surface area contributed by atoms with Crippen molar-refractivity contribution >= 4 is 0 Å². The molecule has 0 radical (unpaired) electrons. The zero-order valence-electron chi connectivity index (χ0n) is 10.3. The van der Waals surface area contributed by atoms with Gasteiger partial charge in [-0.2, -0.15) is 0 Å². The molecule has 0 aromatic rings. The van der Waals surface area contributed by atoms with E-state index in [0.29, 0.717) is 17.1 Å². The fraction of sp³-hybridized carbons (Fsp3) is 0.429. The molecule has 0 rings (SSSR count). The first-order valence-corrected chi connectivity index (χ1v) is 7.53. The van der Waals surface area contributed by atoms with E-state index < -0.39 is 0 Å². The van der Waals surface area contributed by atoms with Crippen LogP contribution in [-0.4, -0.2) is 0 Å². The molecule has 0 aliphatic heterocycles. The summed E-state index contributed by atoms with van der Waals surface area (Å²) >= 11 is 0.435. The van der Waals surface area contributed by atoms with Crippen molar-refractivity contribution in [2.75, 3.05) is 0 Å². The first kappa shape index (κ1) is 14.6. The molecule has 0 nitrogen and oxygen atoms in total. The fourth-order valence-corrected chi connectivity index (χ4v) is 3.18. The third kappa shape index (κ3) is 9.88. The van der Waals surface area contributed by atoms with Gasteiger partial charge in [0.25, 0.3) is 0 Å². The Morgan fingerprint density at radius 2 is 1.20 bits per heavy atom. The molecule has 0 bridgehead atoms. The van der Waals surface area contributed by atoms with Crippen LogP contribution in [0.3, 0.4) is 0 Å². The molecule has 0 aliphatic rings. The van der Waals surface area contributed by atoms with E-state index in [1.165, 1.54) is 21.2 Å². The standard InChI is InChI=1S/2C7H11.Ru/c2*1-6(2)5-7(3)4;/h2*5H,1,3H2,2,4H3;/b2*6-5-;. The van der Waals surface area contributed by atoms with Gasteiger partial charge in [0, 0.05) is 0 Å². The normalized spacial score (nSPS) is 13.1. The van der Waals surface area contributed by atoms with Crippen LogP contribution in [0.2, 0.25) is 10.0 Å². The van der Waals surface area contributed by atoms with E-state index in [1.807, 2.05) is 13.8 Å². The van der Waals surface area contributed by atoms with E-state index in [-0.39, 0.29) is 0 Å². The van der Waals surface area contributed by atoms with Gasteiger partial charge in [-0.25, -0.2) is 0 Å². The monoisotopic (exact) mass is 292 g/mol. The summed E-state index contributed by atoms with van der Waals surface area (Å²) in [6, 6.07) is 0. The van der Waals surface area contributed by atoms with Crippen LogP contribution in [-0.2, 0) is 17.1 Å². The van der Waals surface area contributed by atoms with E-state index in [9.17, 15) is 0 Å². The second kappa shape index (κ2) is 7.82. The van der Waals surface area contributed by atoms with Gasteiger partial charge in [-0.1, -0.05) is 0 Å². The first-order chi connectivity index (χ1) is 6.91. The molecule has 0 heterocycles. The summed E-state index contributed by atoms with van der Waals surface area (Å²) in [6.07, 6.45) is 4.37. The Morgan fingerprint density at radius 3 is 1.47 bits per heavy atom. The predicted molar refractivity (Wildman–Crippen MR) is 66.8 cm³/mol. The van der Waals surface area contributed by atoms with Gasteiger partial charge >= 0.3 is 102 Å². The summed E-state index contributed by atoms with van der Waals surface area (Å²) < 4.78 is 0. The topological polar surface area (TPSA) is 0 Å². The Bertz CT molecular complexity index is 262. The number of hydrogen-bond acceptors (Lipinski definition) is 0. The van der Waals surface area contributed by atoms with E-state index in [2.05, 4.69) is 39.2 Å². The molecule has 86 valence electrons. The third-order valence-corrected chi connectivity index (χ3v) is 4.36. The molecule has 0 spiro atoms. The van der Waals surface area contributed by atoms with Crippen LogP contribution in [0.5, 0.6) is 0 Å². The molecule has 15 heavy (non-hydrogen) atoms. The van der Waals surface area contributed by atoms with E-state index in [1.54, 1.807) is 0 Å². The molecule has 0 atom stereocenters. The summed E-state index contributed by atoms with van der Waals surface area (Å²) in [5.41, 5.74) is 5.23. The van der Waals surface area contributed by atoms with Crippen LogP contribution in [0.25, 0.3) is 0 Å². The molecule has 0 N–H and O–H groups in total. The van der Waals surface area contributed by atoms with Gasteiger partial charge < -0.3 is 0 Å². The Labute approximate surface area is 102 Å². The minimum atomic E-state index is 0.435. The Kier molecular flexibility index (Phi) is 7.60. The average Bonchev–Trinajstić information content (AvgIpc) is 2.00. The van der Waals surface area contributed by atoms with Gasteiger partial charge in [0.2, 0.25) is 0 Å². The average molecular weight is 291 g/mol. The van der Waals surface area contributed by atoms with Crippen molar-refractivity contribution in [3.8, 4) is 0 Å². The maximum absolute atomic E-state index is 3.89. The summed E-state index contributed by atoms with van der Waals surface area (Å²) in [4.78, 5) is 0. The van der Waals surface area contributed by atoms with Crippen LogP contribution in [0.4, 0.5) is 0 Å². The zero-order chi connectivity index (χ0) is 11.8. The SMILES string of the molecule is C=C(C)/C=C(\C)[CH2][Ru][CH2]/C(C)=C/C(=C)C. The molecule has 0 saturated heterocycles. The molecule has 0 aliphatic carbocycles. The second-order valence-corrected chi connectivity index (χ2v) is 6.20. The van der Waals surface area contributed by atoms with Crippen LogP contribution in [0.15, 0.2) is 47.6 Å². The fourth-order valence-electron chi connectivity index (χ4n) is 1.24. The molecule has 0 aromatic carbocycles. The Morgan fingerprint density at radius 1 is 0.867 bits per heavy atom. The molecule has 1 heteroatoms. The summed E-state index contributed by atoms with van der Waals surface area (Å²) in [5.74, 6) is 0. The predicted octanol–water partition coefficient (Wildman–Crippen LogP) is 4.95. The van der Waals surface area contributed by atoms with Gasteiger partial charge in [-0.15, -0.1) is 0 Å². The van der Waals surface area contributed by atoms with Crippen LogP contribution in [0.1, 0.15) is 27.7 Å². The summed E-state index contributed by atoms with van der Waals surface area (Å²) in [5, 5.41) is 2.50. The van der Waals surface area contributed by atoms with Crippen molar-refractivity contribution in [1.29, 1.82) is 0 Å². The Hall–Kier alpha value is -0.417. The van der Waals surface area contributed by atoms with Gasteiger partial charge in [0.15, 0.2) is 0 Å². The van der Waals surface area contributed by atoms with Crippen molar-refractivity contribution in [3.05, 3.63) is 47.6 Å². The minimum absolute atomic E-state index is 0.435. The first-order valence-electron chi connectivity index (χ1n) is 5.07. The van der Waals surface area contributed by atoms with Crippen molar-refractivity contribution in [2.24, 2.45) is 0 Å². The Balaban J connectivity index is 3.90. The molecule has 0 saturated carbocycles. The van der Waals surface area contributed by atoms with Crippen molar-refractivity contribution < 1.29 is 17.1 Å². The van der Waals surface area contributed by atoms with Gasteiger partial charge in [0.1, 0.15) is 0 Å². The van der Waals surface area contributed by atoms with Gasteiger partial charge in [-0.3, -0.25) is 0 Å². The number of allylic oxidation sites excluding steroid dienone is 6. The molecular formula is C14H22Ru. The van der Waals surface area contributed by atoms with Gasteiger partial charge in [0.05, 0.1) is 0 Å². The van der Waals surface area contributed by atoms with Crippen molar-refractivity contribution in [1.82, 2.24) is 0 Å². The van der Waals surface area contributed by atoms with E-state index in [4.69, 9.17) is 0 Å². The second-order valence-electron chi connectivity index (χ2n) is 4.10. The summed E-state index contributed by atoms with van der Waals surface area (Å²) in [6.45, 7) is 16.3. The van der Waals surface area contributed by atoms with Crippen molar-refractivity contribution in [2.45, 2.75) is 37.7 Å². The third-order valence-electron chi connectivity index (χ3n) is 1.56. The molecule has 0 unspecified atom stereocenters. The molecular weight excluding hydrogens is 269 g/mol. The number of hydrogen-bond donors (Lipinski definition) is 0. The van der Waals surface area contributed by atoms with E-state index >= 15 is 0 Å². The quantitative estimate of drug-likeness (QED) is 0.480. The maximum atomic E-state index is 3.89. The molecule has 0 aromatic heterocycles. The van der Waals surface area contributed by atoms with Crippen LogP contribution >= 0.6 is 0 Å². The number of rotatable bonds is 6. The van der Waals surface area contributed by atoms with E-state index in [0.717, 1.165) is 11.1 Å².